The molecule has 2 heterocycles. The van der Waals surface area contributed by atoms with E-state index in [4.69, 9.17) is 4.74 Å². The number of carbonyl (C=O) groups excluding carboxylic acids is 1. The smallest absolute Gasteiger partial charge is 0.267 e. The van der Waals surface area contributed by atoms with Crippen LogP contribution in [0, 0.1) is 0 Å². The Morgan fingerprint density at radius 1 is 1.32 bits per heavy atom. The molecular weight excluding hydrogens is 296 g/mol. The number of rotatable bonds is 5. The molecule has 0 aliphatic carbocycles. The SMILES string of the molecule is COc1ccccc1CCNC(=O)c1cc2sccc2n1C. The van der Waals surface area contributed by atoms with E-state index in [1.54, 1.807) is 18.4 Å². The summed E-state index contributed by atoms with van der Waals surface area (Å²) in [5, 5.41) is 5.02. The van der Waals surface area contributed by atoms with Crippen LogP contribution in [-0.4, -0.2) is 24.1 Å². The van der Waals surface area contributed by atoms with Crippen molar-refractivity contribution in [1.29, 1.82) is 0 Å². The molecule has 22 heavy (non-hydrogen) atoms. The zero-order chi connectivity index (χ0) is 15.5. The number of amides is 1. The Kier molecular flexibility index (Phi) is 4.15. The summed E-state index contributed by atoms with van der Waals surface area (Å²) in [6.07, 6.45) is 0.745. The van der Waals surface area contributed by atoms with Crippen molar-refractivity contribution < 1.29 is 9.53 Å². The summed E-state index contributed by atoms with van der Waals surface area (Å²) in [7, 11) is 3.58. The summed E-state index contributed by atoms with van der Waals surface area (Å²) >= 11 is 1.65. The molecule has 0 radical (unpaired) electrons. The summed E-state index contributed by atoms with van der Waals surface area (Å²) in [5.41, 5.74) is 2.89. The number of nitrogens with one attached hydrogen (secondary N) is 1. The Hall–Kier alpha value is -2.27. The minimum absolute atomic E-state index is 0.0409. The fourth-order valence-electron chi connectivity index (χ4n) is 2.58. The molecule has 114 valence electrons. The van der Waals surface area contributed by atoms with E-state index in [1.807, 2.05) is 53.4 Å². The number of para-hydroxylation sites is 1. The van der Waals surface area contributed by atoms with Gasteiger partial charge in [-0.3, -0.25) is 4.79 Å². The normalized spacial score (nSPS) is 10.8. The molecule has 0 unspecified atom stereocenters. The molecule has 0 saturated carbocycles. The molecule has 0 spiro atoms. The van der Waals surface area contributed by atoms with Crippen molar-refractivity contribution in [1.82, 2.24) is 9.88 Å². The molecule has 1 N–H and O–H groups in total. The first kappa shape index (κ1) is 14.7. The number of aryl methyl sites for hydroxylation is 1. The van der Waals surface area contributed by atoms with Crippen molar-refractivity contribution in [3.8, 4) is 5.75 Å². The van der Waals surface area contributed by atoms with Crippen LogP contribution in [-0.2, 0) is 13.5 Å². The van der Waals surface area contributed by atoms with Gasteiger partial charge in [-0.15, -0.1) is 11.3 Å². The van der Waals surface area contributed by atoms with Gasteiger partial charge in [0.1, 0.15) is 11.4 Å². The van der Waals surface area contributed by atoms with Gasteiger partial charge in [0.05, 0.1) is 17.3 Å². The average molecular weight is 314 g/mol. The number of fused-ring (bicyclic) bond motifs is 1. The number of methoxy groups -OCH3 is 1. The van der Waals surface area contributed by atoms with Crippen molar-refractivity contribution in [3.05, 3.63) is 53.0 Å². The second kappa shape index (κ2) is 6.23. The Morgan fingerprint density at radius 2 is 2.14 bits per heavy atom. The molecule has 0 bridgehead atoms. The van der Waals surface area contributed by atoms with E-state index in [2.05, 4.69) is 5.32 Å². The number of nitrogens with zero attached hydrogens (tertiary/aromatic N) is 1. The maximum atomic E-state index is 12.3. The van der Waals surface area contributed by atoms with Crippen LogP contribution in [0.1, 0.15) is 16.1 Å². The monoisotopic (exact) mass is 314 g/mol. The molecule has 2 aromatic heterocycles. The van der Waals surface area contributed by atoms with Gasteiger partial charge in [-0.2, -0.15) is 0 Å². The van der Waals surface area contributed by atoms with Crippen molar-refractivity contribution in [2.75, 3.05) is 13.7 Å². The quantitative estimate of drug-likeness (QED) is 0.786. The van der Waals surface area contributed by atoms with Gasteiger partial charge in [0, 0.05) is 13.6 Å². The molecule has 5 heteroatoms. The van der Waals surface area contributed by atoms with Gasteiger partial charge >= 0.3 is 0 Å². The topological polar surface area (TPSA) is 43.3 Å². The molecule has 0 saturated heterocycles. The van der Waals surface area contributed by atoms with Crippen LogP contribution in [0.2, 0.25) is 0 Å². The second-order valence-corrected chi connectivity index (χ2v) is 6.02. The average Bonchev–Trinajstić information content (AvgIpc) is 3.11. The van der Waals surface area contributed by atoms with Gasteiger partial charge in [-0.1, -0.05) is 18.2 Å². The van der Waals surface area contributed by atoms with E-state index in [-0.39, 0.29) is 5.91 Å². The first-order valence-electron chi connectivity index (χ1n) is 7.13. The Bertz CT molecular complexity index is 804. The number of aromatic nitrogens is 1. The lowest BCUT2D eigenvalue weighted by molar-refractivity contribution is 0.0946. The molecular formula is C17H18N2O2S. The third-order valence-electron chi connectivity index (χ3n) is 3.77. The predicted octanol–water partition coefficient (Wildman–Crippen LogP) is 3.22. The fourth-order valence-corrected chi connectivity index (χ4v) is 3.43. The highest BCUT2D eigenvalue weighted by Gasteiger charge is 2.13. The van der Waals surface area contributed by atoms with Gasteiger partial charge in [0.2, 0.25) is 0 Å². The summed E-state index contributed by atoms with van der Waals surface area (Å²) in [6.45, 7) is 0.581. The highest BCUT2D eigenvalue weighted by Crippen LogP contribution is 2.24. The van der Waals surface area contributed by atoms with Gasteiger partial charge in [0.15, 0.2) is 0 Å². The summed E-state index contributed by atoms with van der Waals surface area (Å²) < 4.78 is 8.39. The number of carbonyl (C=O) groups is 1. The first-order valence-corrected chi connectivity index (χ1v) is 8.01. The van der Waals surface area contributed by atoms with Crippen LogP contribution in [0.4, 0.5) is 0 Å². The van der Waals surface area contributed by atoms with E-state index >= 15 is 0 Å². The zero-order valence-corrected chi connectivity index (χ0v) is 13.4. The van der Waals surface area contributed by atoms with E-state index in [9.17, 15) is 4.79 Å². The molecule has 4 nitrogen and oxygen atoms in total. The molecule has 3 rings (SSSR count). The molecule has 0 atom stereocenters. The van der Waals surface area contributed by atoms with Crippen LogP contribution in [0.15, 0.2) is 41.8 Å². The van der Waals surface area contributed by atoms with Crippen molar-refractivity contribution in [3.63, 3.8) is 0 Å². The molecule has 0 aliphatic heterocycles. The molecule has 1 aromatic carbocycles. The standard InChI is InChI=1S/C17H18N2O2S/c1-19-13-8-10-22-16(13)11-14(19)17(20)18-9-7-12-5-3-4-6-15(12)21-2/h3-6,8,10-11H,7,9H2,1-2H3,(H,18,20). The van der Waals surface area contributed by atoms with E-state index in [1.165, 1.54) is 0 Å². The van der Waals surface area contributed by atoms with E-state index in [0.29, 0.717) is 12.2 Å². The van der Waals surface area contributed by atoms with Crippen LogP contribution in [0.25, 0.3) is 10.2 Å². The van der Waals surface area contributed by atoms with Crippen molar-refractivity contribution >= 4 is 27.5 Å². The number of hydrogen-bond donors (Lipinski definition) is 1. The van der Waals surface area contributed by atoms with Crippen LogP contribution >= 0.6 is 11.3 Å². The first-order chi connectivity index (χ1) is 10.7. The van der Waals surface area contributed by atoms with Gasteiger partial charge < -0.3 is 14.6 Å². The minimum Gasteiger partial charge on any atom is -0.496 e. The predicted molar refractivity (Wildman–Crippen MR) is 89.8 cm³/mol. The lowest BCUT2D eigenvalue weighted by Gasteiger charge is -2.09. The fraction of sp³-hybridized carbons (Fsp3) is 0.235. The Morgan fingerprint density at radius 3 is 2.91 bits per heavy atom. The number of thiophene rings is 1. The lowest BCUT2D eigenvalue weighted by Crippen LogP contribution is -2.27. The Balaban J connectivity index is 1.65. The lowest BCUT2D eigenvalue weighted by atomic mass is 10.1. The number of ether oxygens (including phenoxy) is 1. The summed E-state index contributed by atoms with van der Waals surface area (Å²) in [4.78, 5) is 12.3. The van der Waals surface area contributed by atoms with Crippen LogP contribution < -0.4 is 10.1 Å². The number of hydrogen-bond acceptors (Lipinski definition) is 3. The molecule has 1 amide bonds. The van der Waals surface area contributed by atoms with Crippen LogP contribution in [0.3, 0.4) is 0 Å². The molecule has 0 fully saturated rings. The van der Waals surface area contributed by atoms with Gasteiger partial charge in [-0.25, -0.2) is 0 Å². The van der Waals surface area contributed by atoms with Crippen LogP contribution in [0.5, 0.6) is 5.75 Å². The minimum atomic E-state index is -0.0409. The summed E-state index contributed by atoms with van der Waals surface area (Å²) in [5.74, 6) is 0.817. The zero-order valence-electron chi connectivity index (χ0n) is 12.6. The van der Waals surface area contributed by atoms with Crippen molar-refractivity contribution in [2.45, 2.75) is 6.42 Å². The third-order valence-corrected chi connectivity index (χ3v) is 4.62. The highest BCUT2D eigenvalue weighted by molar-refractivity contribution is 7.17. The maximum absolute atomic E-state index is 12.3. The van der Waals surface area contributed by atoms with Gasteiger partial charge in [0.25, 0.3) is 5.91 Å². The Labute approximate surface area is 133 Å². The van der Waals surface area contributed by atoms with E-state index < -0.39 is 0 Å². The van der Waals surface area contributed by atoms with Gasteiger partial charge in [-0.05, 0) is 35.6 Å². The number of benzene rings is 1. The van der Waals surface area contributed by atoms with Crippen molar-refractivity contribution in [2.24, 2.45) is 7.05 Å². The summed E-state index contributed by atoms with van der Waals surface area (Å²) in [6, 6.07) is 11.8. The van der Waals surface area contributed by atoms with E-state index in [0.717, 1.165) is 28.0 Å². The highest BCUT2D eigenvalue weighted by atomic mass is 32.1. The maximum Gasteiger partial charge on any atom is 0.267 e. The largest absolute Gasteiger partial charge is 0.496 e. The third kappa shape index (κ3) is 2.72. The molecule has 0 aliphatic rings. The second-order valence-electron chi connectivity index (χ2n) is 5.08. The molecule has 3 aromatic rings.